The van der Waals surface area contributed by atoms with Crippen molar-refractivity contribution in [2.24, 2.45) is 0 Å². The van der Waals surface area contributed by atoms with Gasteiger partial charge in [-0.1, -0.05) is 60.8 Å². The van der Waals surface area contributed by atoms with Gasteiger partial charge in [0.15, 0.2) is 0 Å². The number of amides is 2. The van der Waals surface area contributed by atoms with Crippen LogP contribution in [-0.2, 0) is 26.2 Å². The number of nitrogens with one attached hydrogen (secondary N) is 1. The number of hydrogen-bond acceptors (Lipinski definition) is 4. The molecule has 200 valence electrons. The van der Waals surface area contributed by atoms with Crippen molar-refractivity contribution in [3.05, 3.63) is 71.2 Å². The Bertz CT molecular complexity index is 1460. The lowest BCUT2D eigenvalue weighted by Gasteiger charge is -2.30. The molecule has 1 heterocycles. The number of hydrogen-bond donors (Lipinski definition) is 1. The fraction of sp³-hybridized carbons (Fsp3) is 0.379. The first-order valence-electron chi connectivity index (χ1n) is 13.1. The van der Waals surface area contributed by atoms with Gasteiger partial charge in [0.05, 0.1) is 10.6 Å². The maximum absolute atomic E-state index is 13.5. The molecule has 3 aromatic rings. The van der Waals surface area contributed by atoms with E-state index in [1.54, 1.807) is 42.2 Å². The minimum absolute atomic E-state index is 0.111. The number of rotatable bonds is 9. The second kappa shape index (κ2) is 10.9. The van der Waals surface area contributed by atoms with E-state index in [2.05, 4.69) is 5.32 Å². The lowest BCUT2D eigenvalue weighted by atomic mass is 10.1. The average molecular weight is 554 g/mol. The van der Waals surface area contributed by atoms with Gasteiger partial charge >= 0.3 is 0 Å². The van der Waals surface area contributed by atoms with Crippen molar-refractivity contribution in [2.75, 3.05) is 10.8 Å². The van der Waals surface area contributed by atoms with E-state index in [-0.39, 0.29) is 37.4 Å². The highest BCUT2D eigenvalue weighted by Crippen LogP contribution is 2.42. The highest BCUT2D eigenvalue weighted by atomic mass is 35.5. The second-order valence-electron chi connectivity index (χ2n) is 10.1. The van der Waals surface area contributed by atoms with Crippen LogP contribution < -0.4 is 9.62 Å². The van der Waals surface area contributed by atoms with Crippen LogP contribution >= 0.6 is 11.6 Å². The van der Waals surface area contributed by atoms with E-state index in [1.807, 2.05) is 30.3 Å². The van der Waals surface area contributed by atoms with Crippen molar-refractivity contribution in [1.82, 2.24) is 10.2 Å². The Hall–Kier alpha value is -3.10. The van der Waals surface area contributed by atoms with Crippen LogP contribution in [0.2, 0.25) is 5.02 Å². The molecular weight excluding hydrogens is 522 g/mol. The average Bonchev–Trinajstić information content (AvgIpc) is 3.48. The van der Waals surface area contributed by atoms with Crippen molar-refractivity contribution >= 4 is 49.9 Å². The zero-order valence-corrected chi connectivity index (χ0v) is 23.0. The van der Waals surface area contributed by atoms with E-state index in [0.29, 0.717) is 22.0 Å². The predicted octanol–water partition coefficient (Wildman–Crippen LogP) is 5.26. The van der Waals surface area contributed by atoms with Crippen LogP contribution in [0.15, 0.2) is 65.6 Å². The van der Waals surface area contributed by atoms with Gasteiger partial charge in [0.25, 0.3) is 10.0 Å². The standard InChI is InChI=1S/C29H32ClN3O4S/c1-20(29(35)31-24-12-2-3-13-24)32(19-21-8-4-11-23(30)18-21)27(34)16-7-17-33-25-14-5-9-22-10-6-15-26(28(22)25)38(33,36)37/h4-6,8-11,14-15,18,20,24H,2-3,7,12-13,16-17,19H2,1H3,(H,31,35). The predicted molar refractivity (Wildman–Crippen MR) is 150 cm³/mol. The summed E-state index contributed by atoms with van der Waals surface area (Å²) in [4.78, 5) is 28.5. The molecule has 0 spiro atoms. The topological polar surface area (TPSA) is 86.8 Å². The third kappa shape index (κ3) is 5.24. The van der Waals surface area contributed by atoms with Crippen molar-refractivity contribution in [1.29, 1.82) is 0 Å². The summed E-state index contributed by atoms with van der Waals surface area (Å²) in [5.74, 6) is -0.372. The number of carbonyl (C=O) groups excluding carboxylic acids is 2. The molecule has 1 atom stereocenters. The van der Waals surface area contributed by atoms with E-state index in [9.17, 15) is 18.0 Å². The van der Waals surface area contributed by atoms with Gasteiger partial charge in [-0.15, -0.1) is 0 Å². The largest absolute Gasteiger partial charge is 0.352 e. The molecule has 7 nitrogen and oxygen atoms in total. The number of carbonyl (C=O) groups is 2. The van der Waals surface area contributed by atoms with Crippen LogP contribution in [0.1, 0.15) is 51.0 Å². The summed E-state index contributed by atoms with van der Waals surface area (Å²) in [6.45, 7) is 2.16. The lowest BCUT2D eigenvalue weighted by Crippen LogP contribution is -2.49. The van der Waals surface area contributed by atoms with Crippen LogP contribution in [0.25, 0.3) is 10.8 Å². The second-order valence-corrected chi connectivity index (χ2v) is 12.4. The first-order chi connectivity index (χ1) is 18.3. The number of benzene rings is 3. The zero-order chi connectivity index (χ0) is 26.9. The van der Waals surface area contributed by atoms with Crippen molar-refractivity contribution in [3.8, 4) is 0 Å². The molecule has 1 saturated carbocycles. The summed E-state index contributed by atoms with van der Waals surface area (Å²) >= 11 is 6.17. The molecule has 0 radical (unpaired) electrons. The maximum Gasteiger partial charge on any atom is 0.265 e. The Morgan fingerprint density at radius 3 is 2.53 bits per heavy atom. The maximum atomic E-state index is 13.5. The van der Waals surface area contributed by atoms with E-state index >= 15 is 0 Å². The molecular formula is C29H32ClN3O4S. The van der Waals surface area contributed by atoms with E-state index in [0.717, 1.165) is 42.0 Å². The normalized spacial score (nSPS) is 17.1. The number of nitrogens with zero attached hydrogens (tertiary/aromatic N) is 2. The minimum Gasteiger partial charge on any atom is -0.352 e. The van der Waals surface area contributed by atoms with Crippen LogP contribution in [0.3, 0.4) is 0 Å². The summed E-state index contributed by atoms with van der Waals surface area (Å²) in [5, 5.41) is 5.25. The van der Waals surface area contributed by atoms with E-state index < -0.39 is 16.1 Å². The Morgan fingerprint density at radius 2 is 1.79 bits per heavy atom. The molecule has 5 rings (SSSR count). The third-order valence-electron chi connectivity index (χ3n) is 7.54. The molecule has 1 aliphatic heterocycles. The number of halogens is 1. The SMILES string of the molecule is CC(C(=O)NC1CCCC1)N(Cc1cccc(Cl)c1)C(=O)CCCN1c2cccc3cccc(c23)S1(=O)=O. The Kier molecular flexibility index (Phi) is 7.63. The smallest absolute Gasteiger partial charge is 0.265 e. The van der Waals surface area contributed by atoms with Gasteiger partial charge < -0.3 is 10.2 Å². The highest BCUT2D eigenvalue weighted by Gasteiger charge is 2.35. The molecule has 38 heavy (non-hydrogen) atoms. The molecule has 9 heteroatoms. The van der Waals surface area contributed by atoms with Gasteiger partial charge in [-0.25, -0.2) is 8.42 Å². The van der Waals surface area contributed by atoms with Gasteiger partial charge in [0.1, 0.15) is 6.04 Å². The lowest BCUT2D eigenvalue weighted by molar-refractivity contribution is -0.141. The van der Waals surface area contributed by atoms with Crippen LogP contribution in [-0.4, -0.2) is 43.8 Å². The van der Waals surface area contributed by atoms with Crippen LogP contribution in [0.4, 0.5) is 5.69 Å². The van der Waals surface area contributed by atoms with Crippen molar-refractivity contribution < 1.29 is 18.0 Å². The molecule has 2 aliphatic rings. The van der Waals surface area contributed by atoms with Gasteiger partial charge in [0, 0.05) is 36.0 Å². The molecule has 0 saturated heterocycles. The highest BCUT2D eigenvalue weighted by molar-refractivity contribution is 7.93. The van der Waals surface area contributed by atoms with Crippen molar-refractivity contribution in [2.45, 2.75) is 69.0 Å². The summed E-state index contributed by atoms with van der Waals surface area (Å²) in [6.07, 6.45) is 4.55. The van der Waals surface area contributed by atoms with Crippen molar-refractivity contribution in [3.63, 3.8) is 0 Å². The Labute approximate surface area is 228 Å². The van der Waals surface area contributed by atoms with E-state index in [4.69, 9.17) is 11.6 Å². The minimum atomic E-state index is -3.68. The molecule has 1 fully saturated rings. The van der Waals surface area contributed by atoms with Crippen LogP contribution in [0, 0.1) is 0 Å². The van der Waals surface area contributed by atoms with Gasteiger partial charge in [0.2, 0.25) is 11.8 Å². The van der Waals surface area contributed by atoms with Gasteiger partial charge in [-0.05, 0) is 61.4 Å². The molecule has 0 bridgehead atoms. The first-order valence-corrected chi connectivity index (χ1v) is 15.0. The fourth-order valence-corrected chi connectivity index (χ4v) is 7.48. The van der Waals surface area contributed by atoms with Crippen LogP contribution in [0.5, 0.6) is 0 Å². The number of sulfonamides is 1. The summed E-state index contributed by atoms with van der Waals surface area (Å²) in [7, 11) is -3.68. The van der Waals surface area contributed by atoms with Gasteiger partial charge in [-0.3, -0.25) is 13.9 Å². The van der Waals surface area contributed by atoms with Gasteiger partial charge in [-0.2, -0.15) is 0 Å². The Morgan fingerprint density at radius 1 is 1.08 bits per heavy atom. The molecule has 1 unspecified atom stereocenters. The molecule has 1 aliphatic carbocycles. The summed E-state index contributed by atoms with van der Waals surface area (Å²) in [5.41, 5.74) is 1.47. The monoisotopic (exact) mass is 553 g/mol. The molecule has 3 aromatic carbocycles. The molecule has 1 N–H and O–H groups in total. The zero-order valence-electron chi connectivity index (χ0n) is 21.4. The molecule has 0 aromatic heterocycles. The van der Waals surface area contributed by atoms with E-state index in [1.165, 1.54) is 4.31 Å². The fourth-order valence-electron chi connectivity index (χ4n) is 5.52. The Balaban J connectivity index is 1.30. The number of anilines is 1. The molecule has 2 amide bonds. The third-order valence-corrected chi connectivity index (χ3v) is 9.63. The quantitative estimate of drug-likeness (QED) is 0.392. The summed E-state index contributed by atoms with van der Waals surface area (Å²) in [6, 6.07) is 17.6. The summed E-state index contributed by atoms with van der Waals surface area (Å²) < 4.78 is 27.9. The first kappa shape index (κ1) is 26.5.